The quantitative estimate of drug-likeness (QED) is 0.891. The van der Waals surface area contributed by atoms with Crippen molar-refractivity contribution in [3.8, 4) is 0 Å². The highest BCUT2D eigenvalue weighted by molar-refractivity contribution is 5.23. The Morgan fingerprint density at radius 2 is 2.00 bits per heavy atom. The van der Waals surface area contributed by atoms with Gasteiger partial charge in [0, 0.05) is 18.8 Å². The molecule has 100 valence electrons. The first-order valence-corrected chi connectivity index (χ1v) is 7.36. The minimum atomic E-state index is 0.629. The minimum Gasteiger partial charge on any atom is -0.382 e. The smallest absolute Gasteiger partial charge is 0.145 e. The lowest BCUT2D eigenvalue weighted by Crippen LogP contribution is -2.47. The Labute approximate surface area is 109 Å². The van der Waals surface area contributed by atoms with Gasteiger partial charge in [0.05, 0.1) is 6.54 Å². The van der Waals surface area contributed by atoms with Crippen LogP contribution in [0.25, 0.3) is 0 Å². The average molecular weight is 248 g/mol. The summed E-state index contributed by atoms with van der Waals surface area (Å²) in [4.78, 5) is 2.70. The van der Waals surface area contributed by atoms with Gasteiger partial charge in [0.1, 0.15) is 5.82 Å². The van der Waals surface area contributed by atoms with Crippen LogP contribution in [0.5, 0.6) is 0 Å². The van der Waals surface area contributed by atoms with E-state index in [2.05, 4.69) is 10.00 Å². The van der Waals surface area contributed by atoms with E-state index >= 15 is 0 Å². The van der Waals surface area contributed by atoms with Crippen LogP contribution >= 0.6 is 0 Å². The maximum atomic E-state index is 5.65. The largest absolute Gasteiger partial charge is 0.382 e. The van der Waals surface area contributed by atoms with Gasteiger partial charge in [0.15, 0.2) is 0 Å². The average Bonchev–Trinajstić information content (AvgIpc) is 2.82. The molecule has 1 saturated carbocycles. The Balaban J connectivity index is 1.57. The highest BCUT2D eigenvalue weighted by Crippen LogP contribution is 2.34. The van der Waals surface area contributed by atoms with Crippen molar-refractivity contribution >= 4 is 5.82 Å². The summed E-state index contributed by atoms with van der Waals surface area (Å²) >= 11 is 0. The number of rotatable bonds is 3. The Morgan fingerprint density at radius 1 is 1.17 bits per heavy atom. The molecule has 18 heavy (non-hydrogen) atoms. The molecule has 0 bridgehead atoms. The van der Waals surface area contributed by atoms with Crippen molar-refractivity contribution in [2.45, 2.75) is 51.1 Å². The number of piperidine rings is 1. The number of anilines is 1. The predicted molar refractivity (Wildman–Crippen MR) is 73.2 cm³/mol. The predicted octanol–water partition coefficient (Wildman–Crippen LogP) is 2.12. The molecule has 0 amide bonds. The summed E-state index contributed by atoms with van der Waals surface area (Å²) in [6, 6.07) is 2.72. The molecule has 4 heteroatoms. The summed E-state index contributed by atoms with van der Waals surface area (Å²) in [5, 5.41) is 4.27. The molecule has 1 aliphatic carbocycles. The summed E-state index contributed by atoms with van der Waals surface area (Å²) in [6.45, 7) is 3.38. The SMILES string of the molecule is Nc1ccn(CCN2CCC[C@H]3CCCC[C@H]32)n1. The number of nitrogen functional groups attached to an aromatic ring is 1. The van der Waals surface area contributed by atoms with Crippen molar-refractivity contribution < 1.29 is 0 Å². The van der Waals surface area contributed by atoms with Gasteiger partial charge in [-0.15, -0.1) is 0 Å². The molecule has 2 heterocycles. The highest BCUT2D eigenvalue weighted by Gasteiger charge is 2.32. The van der Waals surface area contributed by atoms with Gasteiger partial charge < -0.3 is 5.73 Å². The Bertz CT molecular complexity index is 385. The second-order valence-electron chi connectivity index (χ2n) is 5.79. The van der Waals surface area contributed by atoms with Crippen LogP contribution in [0.1, 0.15) is 38.5 Å². The molecule has 1 saturated heterocycles. The van der Waals surface area contributed by atoms with Crippen molar-refractivity contribution in [3.05, 3.63) is 12.3 Å². The third kappa shape index (κ3) is 2.53. The van der Waals surface area contributed by atoms with Gasteiger partial charge in [-0.1, -0.05) is 12.8 Å². The molecule has 0 aromatic carbocycles. The molecule has 3 rings (SSSR count). The van der Waals surface area contributed by atoms with Crippen LogP contribution in [0.15, 0.2) is 12.3 Å². The lowest BCUT2D eigenvalue weighted by atomic mass is 9.78. The third-order valence-corrected chi connectivity index (χ3v) is 4.64. The molecule has 2 N–H and O–H groups in total. The molecule has 0 unspecified atom stereocenters. The van der Waals surface area contributed by atoms with Gasteiger partial charge in [-0.3, -0.25) is 9.58 Å². The van der Waals surface area contributed by atoms with Gasteiger partial charge in [-0.2, -0.15) is 5.10 Å². The van der Waals surface area contributed by atoms with E-state index in [-0.39, 0.29) is 0 Å². The number of likely N-dealkylation sites (tertiary alicyclic amines) is 1. The van der Waals surface area contributed by atoms with Gasteiger partial charge in [-0.25, -0.2) is 0 Å². The standard InChI is InChI=1S/C14H24N4/c15-14-7-9-18(16-14)11-10-17-8-3-5-12-4-1-2-6-13(12)17/h7,9,12-13H,1-6,8,10-11H2,(H2,15,16)/t12-,13-/m1/s1. The normalized spacial score (nSPS) is 29.1. The highest BCUT2D eigenvalue weighted by atomic mass is 15.3. The summed E-state index contributed by atoms with van der Waals surface area (Å²) in [6.07, 6.45) is 10.6. The molecule has 1 aliphatic heterocycles. The zero-order valence-corrected chi connectivity index (χ0v) is 11.1. The van der Waals surface area contributed by atoms with Gasteiger partial charge in [-0.05, 0) is 44.2 Å². The van der Waals surface area contributed by atoms with E-state index in [1.165, 1.54) is 45.1 Å². The third-order valence-electron chi connectivity index (χ3n) is 4.64. The van der Waals surface area contributed by atoms with Crippen molar-refractivity contribution in [1.82, 2.24) is 14.7 Å². The van der Waals surface area contributed by atoms with Crippen molar-refractivity contribution in [2.75, 3.05) is 18.8 Å². The van der Waals surface area contributed by atoms with E-state index in [1.807, 2.05) is 16.9 Å². The van der Waals surface area contributed by atoms with Crippen molar-refractivity contribution in [3.63, 3.8) is 0 Å². The fourth-order valence-electron chi connectivity index (χ4n) is 3.74. The number of fused-ring (bicyclic) bond motifs is 1. The van der Waals surface area contributed by atoms with Crippen LogP contribution in [0.3, 0.4) is 0 Å². The van der Waals surface area contributed by atoms with Gasteiger partial charge in [0.25, 0.3) is 0 Å². The van der Waals surface area contributed by atoms with E-state index in [4.69, 9.17) is 5.73 Å². The van der Waals surface area contributed by atoms with E-state index in [0.29, 0.717) is 5.82 Å². The number of nitrogens with zero attached hydrogens (tertiary/aromatic N) is 3. The first-order valence-electron chi connectivity index (χ1n) is 7.36. The van der Waals surface area contributed by atoms with Crippen LogP contribution in [0, 0.1) is 5.92 Å². The lowest BCUT2D eigenvalue weighted by Gasteiger charge is -2.44. The molecule has 4 nitrogen and oxygen atoms in total. The van der Waals surface area contributed by atoms with Crippen LogP contribution < -0.4 is 5.73 Å². The lowest BCUT2D eigenvalue weighted by molar-refractivity contribution is 0.0574. The van der Waals surface area contributed by atoms with E-state index < -0.39 is 0 Å². The number of hydrogen-bond acceptors (Lipinski definition) is 3. The molecule has 1 aromatic rings. The second kappa shape index (κ2) is 5.31. The van der Waals surface area contributed by atoms with E-state index in [0.717, 1.165) is 25.0 Å². The number of hydrogen-bond donors (Lipinski definition) is 1. The van der Waals surface area contributed by atoms with Crippen LogP contribution in [-0.4, -0.2) is 33.8 Å². The molecule has 2 aliphatic rings. The Morgan fingerprint density at radius 3 is 2.83 bits per heavy atom. The number of nitrogens with two attached hydrogens (primary N) is 1. The Kier molecular flexibility index (Phi) is 3.55. The summed E-state index contributed by atoms with van der Waals surface area (Å²) in [5.41, 5.74) is 5.65. The molecule has 0 radical (unpaired) electrons. The minimum absolute atomic E-state index is 0.629. The maximum Gasteiger partial charge on any atom is 0.145 e. The molecule has 2 fully saturated rings. The van der Waals surface area contributed by atoms with E-state index in [9.17, 15) is 0 Å². The summed E-state index contributed by atoms with van der Waals surface area (Å²) in [5.74, 6) is 1.60. The molecular weight excluding hydrogens is 224 g/mol. The van der Waals surface area contributed by atoms with Gasteiger partial charge in [0.2, 0.25) is 0 Å². The van der Waals surface area contributed by atoms with E-state index in [1.54, 1.807) is 0 Å². The van der Waals surface area contributed by atoms with Crippen LogP contribution in [0.2, 0.25) is 0 Å². The maximum absolute atomic E-state index is 5.65. The summed E-state index contributed by atoms with van der Waals surface area (Å²) in [7, 11) is 0. The van der Waals surface area contributed by atoms with Gasteiger partial charge >= 0.3 is 0 Å². The Hall–Kier alpha value is -1.03. The zero-order chi connectivity index (χ0) is 12.4. The summed E-state index contributed by atoms with van der Waals surface area (Å²) < 4.78 is 1.97. The second-order valence-corrected chi connectivity index (χ2v) is 5.79. The van der Waals surface area contributed by atoms with Crippen molar-refractivity contribution in [1.29, 1.82) is 0 Å². The van der Waals surface area contributed by atoms with Crippen LogP contribution in [0.4, 0.5) is 5.82 Å². The first kappa shape index (κ1) is 12.0. The fourth-order valence-corrected chi connectivity index (χ4v) is 3.74. The number of aromatic nitrogens is 2. The molecule has 2 atom stereocenters. The van der Waals surface area contributed by atoms with Crippen LogP contribution in [-0.2, 0) is 6.54 Å². The van der Waals surface area contributed by atoms with Crippen molar-refractivity contribution in [2.24, 2.45) is 5.92 Å². The fraction of sp³-hybridized carbons (Fsp3) is 0.786. The molecular formula is C14H24N4. The molecule has 1 aromatic heterocycles. The molecule has 0 spiro atoms. The monoisotopic (exact) mass is 248 g/mol. The zero-order valence-electron chi connectivity index (χ0n) is 11.1. The first-order chi connectivity index (χ1) is 8.83. The topological polar surface area (TPSA) is 47.1 Å².